The molecule has 1 amide bonds. The fourth-order valence-corrected chi connectivity index (χ4v) is 5.25. The van der Waals surface area contributed by atoms with Crippen LogP contribution >= 0.6 is 23.2 Å². The normalized spacial score (nSPS) is 12.3. The van der Waals surface area contributed by atoms with Gasteiger partial charge in [-0.1, -0.05) is 48.7 Å². The third-order valence-corrected chi connectivity index (χ3v) is 7.56. The summed E-state index contributed by atoms with van der Waals surface area (Å²) in [5, 5.41) is 0.936. The predicted octanol–water partition coefficient (Wildman–Crippen LogP) is 6.83. The zero-order chi connectivity index (χ0) is 24.9. The molecule has 0 radical (unpaired) electrons. The number of ether oxygens (including phenoxy) is 1. The maximum absolute atomic E-state index is 13.6. The second kappa shape index (κ2) is 11.3. The van der Waals surface area contributed by atoms with Gasteiger partial charge >= 0.3 is 0 Å². The van der Waals surface area contributed by atoms with E-state index in [1.54, 1.807) is 37.3 Å². The van der Waals surface area contributed by atoms with E-state index in [1.807, 2.05) is 12.1 Å². The fourth-order valence-electron chi connectivity index (χ4n) is 3.43. The molecule has 8 heteroatoms. The molecule has 0 N–H and O–H groups in total. The highest BCUT2D eigenvalue weighted by Gasteiger charge is 2.35. The Morgan fingerprint density at radius 1 is 0.971 bits per heavy atom. The molecule has 0 fully saturated rings. The van der Waals surface area contributed by atoms with Crippen molar-refractivity contribution in [3.05, 3.63) is 87.9 Å². The molecule has 0 saturated heterocycles. The number of unbranched alkanes of at least 4 members (excludes halogenated alkanes) is 1. The third-order valence-electron chi connectivity index (χ3n) is 5.33. The summed E-state index contributed by atoms with van der Waals surface area (Å²) in [6.45, 7) is 5.43. The van der Waals surface area contributed by atoms with E-state index >= 15 is 0 Å². The van der Waals surface area contributed by atoms with Crippen LogP contribution < -0.4 is 9.04 Å². The molecule has 3 rings (SSSR count). The summed E-state index contributed by atoms with van der Waals surface area (Å²) in [7, 11) is -4.23. The van der Waals surface area contributed by atoms with Gasteiger partial charge in [0.25, 0.3) is 15.9 Å². The van der Waals surface area contributed by atoms with Crippen LogP contribution in [0.5, 0.6) is 5.75 Å². The number of hydrogen-bond acceptors (Lipinski definition) is 4. The first kappa shape index (κ1) is 26.1. The molecule has 3 aromatic carbocycles. The van der Waals surface area contributed by atoms with E-state index in [0.29, 0.717) is 15.8 Å². The van der Waals surface area contributed by atoms with E-state index in [1.165, 1.54) is 31.2 Å². The lowest BCUT2D eigenvalue weighted by Crippen LogP contribution is -2.44. The first-order valence-electron chi connectivity index (χ1n) is 11.0. The first-order chi connectivity index (χ1) is 16.1. The van der Waals surface area contributed by atoms with Crippen LogP contribution in [0.3, 0.4) is 0 Å². The molecular formula is C26H27Cl2NO4S. The Labute approximate surface area is 211 Å². The van der Waals surface area contributed by atoms with E-state index in [-0.39, 0.29) is 10.6 Å². The molecule has 0 aliphatic heterocycles. The highest BCUT2D eigenvalue weighted by atomic mass is 35.5. The van der Waals surface area contributed by atoms with Crippen molar-refractivity contribution in [1.29, 1.82) is 0 Å². The van der Waals surface area contributed by atoms with Crippen molar-refractivity contribution >= 4 is 44.8 Å². The molecule has 3 aromatic rings. The molecule has 0 aliphatic rings. The second-order valence-electron chi connectivity index (χ2n) is 8.00. The summed E-state index contributed by atoms with van der Waals surface area (Å²) in [5.41, 5.74) is 2.05. The van der Waals surface area contributed by atoms with Crippen LogP contribution in [0.2, 0.25) is 10.0 Å². The Morgan fingerprint density at radius 2 is 1.59 bits per heavy atom. The van der Waals surface area contributed by atoms with Crippen molar-refractivity contribution in [3.8, 4) is 5.75 Å². The van der Waals surface area contributed by atoms with Gasteiger partial charge in [0.15, 0.2) is 6.10 Å². The van der Waals surface area contributed by atoms with Crippen LogP contribution in [-0.4, -0.2) is 20.4 Å². The number of nitrogens with zero attached hydrogens (tertiary/aromatic N) is 1. The lowest BCUT2D eigenvalue weighted by atomic mass is 10.1. The van der Waals surface area contributed by atoms with Gasteiger partial charge in [0, 0.05) is 10.0 Å². The van der Waals surface area contributed by atoms with E-state index in [0.717, 1.165) is 34.7 Å². The molecule has 0 heterocycles. The lowest BCUT2D eigenvalue weighted by Gasteiger charge is -2.26. The largest absolute Gasteiger partial charge is 0.481 e. The number of carbonyl (C=O) groups is 1. The molecule has 0 aromatic heterocycles. The standard InChI is InChI=1S/C26H27Cl2NO4S/c1-4-5-6-20-7-12-23(13-8-20)29(34(31,32)24-14-9-21(27)10-15-24)26(30)19(3)33-25-16-11-22(28)17-18(25)2/h7-17,19H,4-6H2,1-3H3. The highest BCUT2D eigenvalue weighted by Crippen LogP contribution is 2.28. The van der Waals surface area contributed by atoms with Crippen molar-refractivity contribution in [3.63, 3.8) is 0 Å². The summed E-state index contributed by atoms with van der Waals surface area (Å²) < 4.78 is 33.9. The molecule has 1 unspecified atom stereocenters. The summed E-state index contributed by atoms with van der Waals surface area (Å²) in [6.07, 6.45) is 1.87. The summed E-state index contributed by atoms with van der Waals surface area (Å²) in [4.78, 5) is 13.5. The Morgan fingerprint density at radius 3 is 2.18 bits per heavy atom. The van der Waals surface area contributed by atoms with Crippen LogP contribution in [0.1, 0.15) is 37.8 Å². The molecular weight excluding hydrogens is 493 g/mol. The Hall–Kier alpha value is -2.54. The zero-order valence-electron chi connectivity index (χ0n) is 19.3. The van der Waals surface area contributed by atoms with Gasteiger partial charge in [0.05, 0.1) is 10.6 Å². The van der Waals surface area contributed by atoms with Gasteiger partial charge in [-0.25, -0.2) is 8.42 Å². The van der Waals surface area contributed by atoms with E-state index in [2.05, 4.69) is 6.92 Å². The average Bonchev–Trinajstić information content (AvgIpc) is 2.80. The first-order valence-corrected chi connectivity index (χ1v) is 13.2. The molecule has 180 valence electrons. The third kappa shape index (κ3) is 6.12. The van der Waals surface area contributed by atoms with Crippen molar-refractivity contribution in [2.75, 3.05) is 4.31 Å². The minimum atomic E-state index is -4.23. The van der Waals surface area contributed by atoms with Gasteiger partial charge in [0.1, 0.15) is 5.75 Å². The van der Waals surface area contributed by atoms with Gasteiger partial charge in [0.2, 0.25) is 0 Å². The molecule has 0 aliphatic carbocycles. The number of benzene rings is 3. The smallest absolute Gasteiger partial charge is 0.281 e. The van der Waals surface area contributed by atoms with E-state index < -0.39 is 22.0 Å². The van der Waals surface area contributed by atoms with E-state index in [9.17, 15) is 13.2 Å². The van der Waals surface area contributed by atoms with Crippen LogP contribution in [0.15, 0.2) is 71.6 Å². The fraction of sp³-hybridized carbons (Fsp3) is 0.269. The topological polar surface area (TPSA) is 63.7 Å². The van der Waals surface area contributed by atoms with Gasteiger partial charge in [-0.15, -0.1) is 0 Å². The quantitative estimate of drug-likeness (QED) is 0.310. The summed E-state index contributed by atoms with van der Waals surface area (Å²) in [5.74, 6) is -0.269. The number of hydrogen-bond donors (Lipinski definition) is 0. The van der Waals surface area contributed by atoms with Crippen LogP contribution in [-0.2, 0) is 21.2 Å². The van der Waals surface area contributed by atoms with Crippen molar-refractivity contribution < 1.29 is 17.9 Å². The maximum atomic E-state index is 13.6. The second-order valence-corrected chi connectivity index (χ2v) is 10.7. The Kier molecular flexibility index (Phi) is 8.63. The van der Waals surface area contributed by atoms with Crippen molar-refractivity contribution in [1.82, 2.24) is 0 Å². The summed E-state index contributed by atoms with van der Waals surface area (Å²) >= 11 is 12.0. The number of halogens is 2. The SMILES string of the molecule is CCCCc1ccc(N(C(=O)C(C)Oc2ccc(Cl)cc2C)S(=O)(=O)c2ccc(Cl)cc2)cc1. The van der Waals surface area contributed by atoms with Crippen LogP contribution in [0, 0.1) is 6.92 Å². The van der Waals surface area contributed by atoms with Crippen molar-refractivity contribution in [2.45, 2.75) is 51.0 Å². The monoisotopic (exact) mass is 519 g/mol. The predicted molar refractivity (Wildman–Crippen MR) is 137 cm³/mol. The molecule has 0 spiro atoms. The van der Waals surface area contributed by atoms with Gasteiger partial charge in [-0.2, -0.15) is 4.31 Å². The number of aryl methyl sites for hydroxylation is 2. The number of rotatable bonds is 9. The molecule has 1 atom stereocenters. The zero-order valence-corrected chi connectivity index (χ0v) is 21.6. The average molecular weight is 520 g/mol. The number of amides is 1. The number of anilines is 1. The van der Waals surface area contributed by atoms with Crippen molar-refractivity contribution in [2.24, 2.45) is 0 Å². The molecule has 0 saturated carbocycles. The lowest BCUT2D eigenvalue weighted by molar-refractivity contribution is -0.123. The van der Waals surface area contributed by atoms with E-state index in [4.69, 9.17) is 27.9 Å². The highest BCUT2D eigenvalue weighted by molar-refractivity contribution is 7.93. The molecule has 34 heavy (non-hydrogen) atoms. The van der Waals surface area contributed by atoms with Gasteiger partial charge in [-0.3, -0.25) is 4.79 Å². The van der Waals surface area contributed by atoms with Crippen LogP contribution in [0.25, 0.3) is 0 Å². The minimum absolute atomic E-state index is 0.0461. The Balaban J connectivity index is 1.99. The molecule has 0 bridgehead atoms. The van der Waals surface area contributed by atoms with Gasteiger partial charge in [-0.05, 0) is 92.4 Å². The minimum Gasteiger partial charge on any atom is -0.481 e. The number of carbonyl (C=O) groups excluding carboxylic acids is 1. The van der Waals surface area contributed by atoms with Gasteiger partial charge < -0.3 is 4.74 Å². The van der Waals surface area contributed by atoms with Crippen LogP contribution in [0.4, 0.5) is 5.69 Å². The number of sulfonamides is 1. The maximum Gasteiger partial charge on any atom is 0.281 e. The Bertz CT molecular complexity index is 1240. The summed E-state index contributed by atoms with van der Waals surface area (Å²) in [6, 6.07) is 17.7. The molecule has 5 nitrogen and oxygen atoms in total.